The molecule has 0 aromatic heterocycles. The highest BCUT2D eigenvalue weighted by Crippen LogP contribution is 2.28. The van der Waals surface area contributed by atoms with Crippen LogP contribution in [0.4, 0.5) is 0 Å². The van der Waals surface area contributed by atoms with Crippen molar-refractivity contribution in [1.29, 1.82) is 0 Å². The normalized spacial score (nSPS) is 14.1. The summed E-state index contributed by atoms with van der Waals surface area (Å²) in [6.45, 7) is 0. The molecule has 1 aromatic carbocycles. The number of phenols is 1. The number of methoxy groups -OCH3 is 1. The summed E-state index contributed by atoms with van der Waals surface area (Å²) >= 11 is 3.09. The van der Waals surface area contributed by atoms with Crippen LogP contribution in [0.3, 0.4) is 0 Å². The molecule has 94 valence electrons. The molecule has 0 aliphatic rings. The number of carbonyl (C=O) groups excluding carboxylic acids is 1. The Bertz CT molecular complexity index is 407. The standard InChI is InChI=1S/C11H13BrO5/c1-17-10(15)5-9(14)11(16)6-2-3-8(13)7(12)4-6/h2-4,9,11,13-14,16H,5H2,1H3. The molecule has 0 saturated carbocycles. The Balaban J connectivity index is 2.77. The highest BCUT2D eigenvalue weighted by Gasteiger charge is 2.22. The number of rotatable bonds is 4. The fourth-order valence-electron chi connectivity index (χ4n) is 1.29. The van der Waals surface area contributed by atoms with Crippen molar-refractivity contribution in [2.45, 2.75) is 18.6 Å². The maximum absolute atomic E-state index is 10.9. The summed E-state index contributed by atoms with van der Waals surface area (Å²) in [5.74, 6) is -0.571. The molecule has 1 rings (SSSR count). The highest BCUT2D eigenvalue weighted by molar-refractivity contribution is 9.10. The monoisotopic (exact) mass is 304 g/mol. The highest BCUT2D eigenvalue weighted by atomic mass is 79.9. The Kier molecular flexibility index (Phi) is 4.92. The van der Waals surface area contributed by atoms with Crippen LogP contribution >= 0.6 is 15.9 Å². The second-order valence-electron chi connectivity index (χ2n) is 3.50. The molecule has 0 amide bonds. The van der Waals surface area contributed by atoms with Crippen LogP contribution in [-0.4, -0.2) is 34.5 Å². The quantitative estimate of drug-likeness (QED) is 0.726. The molecule has 0 saturated heterocycles. The zero-order valence-corrected chi connectivity index (χ0v) is 10.7. The Hall–Kier alpha value is -1.11. The zero-order valence-electron chi connectivity index (χ0n) is 9.13. The smallest absolute Gasteiger partial charge is 0.308 e. The molecule has 5 nitrogen and oxygen atoms in total. The van der Waals surface area contributed by atoms with Crippen molar-refractivity contribution in [1.82, 2.24) is 0 Å². The average Bonchev–Trinajstić information content (AvgIpc) is 2.31. The van der Waals surface area contributed by atoms with Gasteiger partial charge in [-0.05, 0) is 33.6 Å². The first-order valence-corrected chi connectivity index (χ1v) is 5.66. The Morgan fingerprint density at radius 1 is 1.47 bits per heavy atom. The van der Waals surface area contributed by atoms with Gasteiger partial charge >= 0.3 is 5.97 Å². The lowest BCUT2D eigenvalue weighted by molar-refractivity contribution is -0.144. The van der Waals surface area contributed by atoms with Crippen molar-refractivity contribution in [3.8, 4) is 5.75 Å². The first kappa shape index (κ1) is 14.0. The number of halogens is 1. The number of hydrogen-bond acceptors (Lipinski definition) is 5. The van der Waals surface area contributed by atoms with Crippen molar-refractivity contribution in [2.24, 2.45) is 0 Å². The van der Waals surface area contributed by atoms with Gasteiger partial charge in [0.2, 0.25) is 0 Å². The maximum Gasteiger partial charge on any atom is 0.308 e. The van der Waals surface area contributed by atoms with Gasteiger partial charge in [0.15, 0.2) is 0 Å². The lowest BCUT2D eigenvalue weighted by Gasteiger charge is -2.17. The van der Waals surface area contributed by atoms with Crippen LogP contribution in [-0.2, 0) is 9.53 Å². The van der Waals surface area contributed by atoms with Crippen molar-refractivity contribution in [3.05, 3.63) is 28.2 Å². The molecule has 0 heterocycles. The van der Waals surface area contributed by atoms with E-state index in [1.165, 1.54) is 25.3 Å². The molecule has 0 fully saturated rings. The molecular formula is C11H13BrO5. The van der Waals surface area contributed by atoms with E-state index >= 15 is 0 Å². The van der Waals surface area contributed by atoms with Crippen LogP contribution in [0.1, 0.15) is 18.1 Å². The molecule has 1 aromatic rings. The molecule has 0 aliphatic carbocycles. The largest absolute Gasteiger partial charge is 0.507 e. The van der Waals surface area contributed by atoms with Crippen LogP contribution in [0.2, 0.25) is 0 Å². The minimum Gasteiger partial charge on any atom is -0.507 e. The van der Waals surface area contributed by atoms with Crippen molar-refractivity contribution < 1.29 is 24.9 Å². The Morgan fingerprint density at radius 2 is 2.12 bits per heavy atom. The lowest BCUT2D eigenvalue weighted by atomic mass is 10.0. The van der Waals surface area contributed by atoms with E-state index in [4.69, 9.17) is 0 Å². The number of aliphatic hydroxyl groups is 2. The minimum absolute atomic E-state index is 0.0309. The number of aliphatic hydroxyl groups excluding tert-OH is 2. The van der Waals surface area contributed by atoms with Gasteiger partial charge < -0.3 is 20.1 Å². The van der Waals surface area contributed by atoms with E-state index in [1.807, 2.05) is 0 Å². The van der Waals surface area contributed by atoms with Crippen LogP contribution < -0.4 is 0 Å². The first-order valence-electron chi connectivity index (χ1n) is 4.87. The molecule has 17 heavy (non-hydrogen) atoms. The van der Waals surface area contributed by atoms with Gasteiger partial charge in [0, 0.05) is 0 Å². The summed E-state index contributed by atoms with van der Waals surface area (Å²) < 4.78 is 4.79. The van der Waals surface area contributed by atoms with Gasteiger partial charge in [-0.25, -0.2) is 0 Å². The van der Waals surface area contributed by atoms with Crippen LogP contribution in [0.5, 0.6) is 5.75 Å². The van der Waals surface area contributed by atoms with Gasteiger partial charge in [0.05, 0.1) is 24.1 Å². The Morgan fingerprint density at radius 3 is 2.65 bits per heavy atom. The number of ether oxygens (including phenoxy) is 1. The molecule has 2 atom stereocenters. The predicted molar refractivity (Wildman–Crippen MR) is 63.4 cm³/mol. The van der Waals surface area contributed by atoms with Gasteiger partial charge in [-0.1, -0.05) is 6.07 Å². The summed E-state index contributed by atoms with van der Waals surface area (Å²) in [5, 5.41) is 28.7. The van der Waals surface area contributed by atoms with Crippen LogP contribution in [0.25, 0.3) is 0 Å². The van der Waals surface area contributed by atoms with E-state index in [9.17, 15) is 20.1 Å². The van der Waals surface area contributed by atoms with Gasteiger partial charge in [0.1, 0.15) is 11.9 Å². The van der Waals surface area contributed by atoms with Crippen LogP contribution in [0, 0.1) is 0 Å². The number of benzene rings is 1. The van der Waals surface area contributed by atoms with E-state index in [1.54, 1.807) is 0 Å². The third kappa shape index (κ3) is 3.69. The molecular weight excluding hydrogens is 292 g/mol. The minimum atomic E-state index is -1.25. The lowest BCUT2D eigenvalue weighted by Crippen LogP contribution is -2.22. The third-order valence-electron chi connectivity index (χ3n) is 2.28. The first-order chi connectivity index (χ1) is 7.95. The fraction of sp³-hybridized carbons (Fsp3) is 0.364. The molecule has 2 unspecified atom stereocenters. The van der Waals surface area contributed by atoms with E-state index < -0.39 is 18.2 Å². The molecule has 0 spiro atoms. The second kappa shape index (κ2) is 6.00. The summed E-state index contributed by atoms with van der Waals surface area (Å²) in [6.07, 6.45) is -2.76. The molecule has 6 heteroatoms. The maximum atomic E-state index is 10.9. The van der Waals surface area contributed by atoms with E-state index in [0.717, 1.165) is 0 Å². The van der Waals surface area contributed by atoms with Gasteiger partial charge in [0.25, 0.3) is 0 Å². The molecule has 0 radical (unpaired) electrons. The zero-order chi connectivity index (χ0) is 13.0. The number of aromatic hydroxyl groups is 1. The van der Waals surface area contributed by atoms with Crippen molar-refractivity contribution in [2.75, 3.05) is 7.11 Å². The summed E-state index contributed by atoms with van der Waals surface area (Å²) in [5.41, 5.74) is 0.395. The molecule has 0 aliphatic heterocycles. The van der Waals surface area contributed by atoms with Crippen LogP contribution in [0.15, 0.2) is 22.7 Å². The second-order valence-corrected chi connectivity index (χ2v) is 4.36. The summed E-state index contributed by atoms with van der Waals surface area (Å²) in [4.78, 5) is 10.9. The predicted octanol–water partition coefficient (Wildman–Crippen LogP) is 1.11. The van der Waals surface area contributed by atoms with Crippen molar-refractivity contribution in [3.63, 3.8) is 0 Å². The molecule has 0 bridgehead atoms. The van der Waals surface area contributed by atoms with Gasteiger partial charge in [-0.15, -0.1) is 0 Å². The number of hydrogen-bond donors (Lipinski definition) is 3. The fourth-order valence-corrected chi connectivity index (χ4v) is 1.69. The molecule has 3 N–H and O–H groups in total. The van der Waals surface area contributed by atoms with E-state index in [-0.39, 0.29) is 12.2 Å². The summed E-state index contributed by atoms with van der Waals surface area (Å²) in [6, 6.07) is 4.32. The number of esters is 1. The SMILES string of the molecule is COC(=O)CC(O)C(O)c1ccc(O)c(Br)c1. The Labute approximate surface area is 107 Å². The average molecular weight is 305 g/mol. The van der Waals surface area contributed by atoms with Crippen molar-refractivity contribution >= 4 is 21.9 Å². The van der Waals surface area contributed by atoms with E-state index in [2.05, 4.69) is 20.7 Å². The summed E-state index contributed by atoms with van der Waals surface area (Å²) in [7, 11) is 1.21. The van der Waals surface area contributed by atoms with E-state index in [0.29, 0.717) is 10.0 Å². The van der Waals surface area contributed by atoms with Gasteiger partial charge in [-0.3, -0.25) is 4.79 Å². The third-order valence-corrected chi connectivity index (χ3v) is 2.92. The topological polar surface area (TPSA) is 87.0 Å². The number of carbonyl (C=O) groups is 1. The number of phenolic OH excluding ortho intramolecular Hbond substituents is 1. The van der Waals surface area contributed by atoms with Gasteiger partial charge in [-0.2, -0.15) is 0 Å².